The SMILES string of the molecule is CNC1CCC(OC(=O)C(C)(C)C)CC1. The van der Waals surface area contributed by atoms with E-state index in [1.165, 1.54) is 0 Å². The summed E-state index contributed by atoms with van der Waals surface area (Å²) in [4.78, 5) is 11.6. The van der Waals surface area contributed by atoms with Gasteiger partial charge in [-0.15, -0.1) is 0 Å². The molecule has 0 amide bonds. The topological polar surface area (TPSA) is 38.3 Å². The molecule has 1 rings (SSSR count). The van der Waals surface area contributed by atoms with Gasteiger partial charge in [-0.2, -0.15) is 0 Å². The van der Waals surface area contributed by atoms with Crippen molar-refractivity contribution >= 4 is 5.97 Å². The summed E-state index contributed by atoms with van der Waals surface area (Å²) in [6.45, 7) is 5.69. The van der Waals surface area contributed by atoms with Gasteiger partial charge < -0.3 is 10.1 Å². The predicted molar refractivity (Wildman–Crippen MR) is 60.7 cm³/mol. The van der Waals surface area contributed by atoms with Crippen LogP contribution in [0.4, 0.5) is 0 Å². The van der Waals surface area contributed by atoms with E-state index >= 15 is 0 Å². The van der Waals surface area contributed by atoms with Crippen LogP contribution < -0.4 is 5.32 Å². The van der Waals surface area contributed by atoms with Gasteiger partial charge in [-0.25, -0.2) is 0 Å². The van der Waals surface area contributed by atoms with Gasteiger partial charge in [-0.1, -0.05) is 0 Å². The van der Waals surface area contributed by atoms with E-state index in [-0.39, 0.29) is 17.5 Å². The van der Waals surface area contributed by atoms with Gasteiger partial charge in [0.05, 0.1) is 5.41 Å². The van der Waals surface area contributed by atoms with Crippen molar-refractivity contribution in [2.45, 2.75) is 58.6 Å². The van der Waals surface area contributed by atoms with Crippen LogP contribution in [0.5, 0.6) is 0 Å². The maximum Gasteiger partial charge on any atom is 0.311 e. The molecule has 88 valence electrons. The molecular formula is C12H23NO2. The molecule has 1 fully saturated rings. The Hall–Kier alpha value is -0.570. The molecule has 0 aromatic carbocycles. The van der Waals surface area contributed by atoms with Gasteiger partial charge in [-0.3, -0.25) is 4.79 Å². The molecule has 0 radical (unpaired) electrons. The molecule has 0 saturated heterocycles. The zero-order chi connectivity index (χ0) is 11.5. The molecular weight excluding hydrogens is 190 g/mol. The van der Waals surface area contributed by atoms with Crippen molar-refractivity contribution in [2.24, 2.45) is 5.41 Å². The van der Waals surface area contributed by atoms with E-state index in [2.05, 4.69) is 5.32 Å². The van der Waals surface area contributed by atoms with Crippen LogP contribution in [0.1, 0.15) is 46.5 Å². The van der Waals surface area contributed by atoms with Crippen molar-refractivity contribution in [3.63, 3.8) is 0 Å². The largest absolute Gasteiger partial charge is 0.462 e. The normalized spacial score (nSPS) is 27.5. The third-order valence-corrected chi connectivity index (χ3v) is 2.97. The van der Waals surface area contributed by atoms with Crippen molar-refractivity contribution in [3.05, 3.63) is 0 Å². The summed E-state index contributed by atoms with van der Waals surface area (Å²) in [5, 5.41) is 3.27. The summed E-state index contributed by atoms with van der Waals surface area (Å²) in [6, 6.07) is 0.606. The second-order valence-electron chi connectivity index (χ2n) is 5.42. The van der Waals surface area contributed by atoms with Gasteiger partial charge in [0.1, 0.15) is 6.10 Å². The van der Waals surface area contributed by atoms with Crippen LogP contribution in [0.2, 0.25) is 0 Å². The molecule has 0 unspecified atom stereocenters. The quantitative estimate of drug-likeness (QED) is 0.714. The number of esters is 1. The lowest BCUT2D eigenvalue weighted by Crippen LogP contribution is -2.35. The Balaban J connectivity index is 2.33. The van der Waals surface area contributed by atoms with E-state index in [1.807, 2.05) is 27.8 Å². The van der Waals surface area contributed by atoms with Crippen molar-refractivity contribution < 1.29 is 9.53 Å². The monoisotopic (exact) mass is 213 g/mol. The maximum atomic E-state index is 11.6. The number of carbonyl (C=O) groups excluding carboxylic acids is 1. The van der Waals surface area contributed by atoms with Gasteiger partial charge in [0.25, 0.3) is 0 Å². The Labute approximate surface area is 92.6 Å². The molecule has 1 aliphatic rings. The first-order chi connectivity index (χ1) is 6.93. The van der Waals surface area contributed by atoms with Crippen LogP contribution in [0.25, 0.3) is 0 Å². The summed E-state index contributed by atoms with van der Waals surface area (Å²) in [6.07, 6.45) is 4.35. The van der Waals surface area contributed by atoms with Crippen molar-refractivity contribution in [3.8, 4) is 0 Å². The standard InChI is InChI=1S/C12H23NO2/c1-12(2,3)11(14)15-10-7-5-9(13-4)6-8-10/h9-10,13H,5-8H2,1-4H3. The first-order valence-corrected chi connectivity index (χ1v) is 5.82. The fourth-order valence-electron chi connectivity index (χ4n) is 1.80. The van der Waals surface area contributed by atoms with Crippen molar-refractivity contribution in [2.75, 3.05) is 7.05 Å². The van der Waals surface area contributed by atoms with Gasteiger partial charge in [0.2, 0.25) is 0 Å². The highest BCUT2D eigenvalue weighted by molar-refractivity contribution is 5.75. The average Bonchev–Trinajstić information content (AvgIpc) is 2.17. The minimum atomic E-state index is -0.375. The summed E-state index contributed by atoms with van der Waals surface area (Å²) in [5.74, 6) is -0.0737. The highest BCUT2D eigenvalue weighted by atomic mass is 16.5. The third kappa shape index (κ3) is 3.82. The Morgan fingerprint density at radius 3 is 2.13 bits per heavy atom. The molecule has 1 aliphatic carbocycles. The average molecular weight is 213 g/mol. The first kappa shape index (κ1) is 12.5. The molecule has 15 heavy (non-hydrogen) atoms. The van der Waals surface area contributed by atoms with Crippen molar-refractivity contribution in [1.29, 1.82) is 0 Å². The van der Waals surface area contributed by atoms with E-state index in [1.54, 1.807) is 0 Å². The molecule has 1 saturated carbocycles. The lowest BCUT2D eigenvalue weighted by molar-refractivity contribution is -0.160. The van der Waals surface area contributed by atoms with E-state index < -0.39 is 0 Å². The number of rotatable bonds is 2. The molecule has 3 heteroatoms. The van der Waals surface area contributed by atoms with Gasteiger partial charge in [0, 0.05) is 6.04 Å². The summed E-state index contributed by atoms with van der Waals surface area (Å²) in [5.41, 5.74) is -0.375. The maximum absolute atomic E-state index is 11.6. The molecule has 0 aromatic rings. The minimum Gasteiger partial charge on any atom is -0.462 e. The van der Waals surface area contributed by atoms with E-state index in [0.717, 1.165) is 25.7 Å². The second-order valence-corrected chi connectivity index (χ2v) is 5.42. The lowest BCUT2D eigenvalue weighted by Gasteiger charge is -2.30. The first-order valence-electron chi connectivity index (χ1n) is 5.82. The third-order valence-electron chi connectivity index (χ3n) is 2.97. The molecule has 1 N–H and O–H groups in total. The molecule has 0 bridgehead atoms. The van der Waals surface area contributed by atoms with Gasteiger partial charge >= 0.3 is 5.97 Å². The van der Waals surface area contributed by atoms with E-state index in [4.69, 9.17) is 4.74 Å². The van der Waals surface area contributed by atoms with Crippen LogP contribution >= 0.6 is 0 Å². The Morgan fingerprint density at radius 1 is 1.20 bits per heavy atom. The van der Waals surface area contributed by atoms with E-state index in [0.29, 0.717) is 6.04 Å². The zero-order valence-corrected chi connectivity index (χ0v) is 10.3. The minimum absolute atomic E-state index is 0.0737. The fourth-order valence-corrected chi connectivity index (χ4v) is 1.80. The summed E-state index contributed by atoms with van der Waals surface area (Å²) >= 11 is 0. The predicted octanol–water partition coefficient (Wildman–Crippen LogP) is 2.11. The van der Waals surface area contributed by atoms with Gasteiger partial charge in [-0.05, 0) is 53.5 Å². The molecule has 3 nitrogen and oxygen atoms in total. The van der Waals surface area contributed by atoms with Crippen LogP contribution in [0, 0.1) is 5.41 Å². The Kier molecular flexibility index (Phi) is 4.14. The second kappa shape index (κ2) is 4.97. The number of hydrogen-bond acceptors (Lipinski definition) is 3. The number of ether oxygens (including phenoxy) is 1. The lowest BCUT2D eigenvalue weighted by atomic mass is 9.92. The summed E-state index contributed by atoms with van der Waals surface area (Å²) < 4.78 is 5.48. The number of nitrogens with one attached hydrogen (secondary N) is 1. The Morgan fingerprint density at radius 2 is 1.73 bits per heavy atom. The fraction of sp³-hybridized carbons (Fsp3) is 0.917. The molecule has 0 spiro atoms. The Bertz CT molecular complexity index is 212. The summed E-state index contributed by atoms with van der Waals surface area (Å²) in [7, 11) is 1.99. The molecule has 0 heterocycles. The molecule has 0 atom stereocenters. The van der Waals surface area contributed by atoms with Crippen LogP contribution in [-0.4, -0.2) is 25.2 Å². The highest BCUT2D eigenvalue weighted by Gasteiger charge is 2.28. The number of hydrogen-bond donors (Lipinski definition) is 1. The van der Waals surface area contributed by atoms with Crippen LogP contribution in [0.15, 0.2) is 0 Å². The smallest absolute Gasteiger partial charge is 0.311 e. The van der Waals surface area contributed by atoms with Gasteiger partial charge in [0.15, 0.2) is 0 Å². The van der Waals surface area contributed by atoms with Crippen LogP contribution in [-0.2, 0) is 9.53 Å². The molecule has 0 aromatic heterocycles. The van der Waals surface area contributed by atoms with Crippen LogP contribution in [0.3, 0.4) is 0 Å². The highest BCUT2D eigenvalue weighted by Crippen LogP contribution is 2.24. The molecule has 0 aliphatic heterocycles. The van der Waals surface area contributed by atoms with E-state index in [9.17, 15) is 4.79 Å². The zero-order valence-electron chi connectivity index (χ0n) is 10.3. The van der Waals surface area contributed by atoms with Crippen molar-refractivity contribution in [1.82, 2.24) is 5.32 Å². The number of carbonyl (C=O) groups is 1.